The van der Waals surface area contributed by atoms with Gasteiger partial charge in [-0.3, -0.25) is 10.1 Å². The van der Waals surface area contributed by atoms with E-state index in [9.17, 15) is 22.4 Å². The number of halogens is 4. The summed E-state index contributed by atoms with van der Waals surface area (Å²) in [5.74, 6) is -9.31. The van der Waals surface area contributed by atoms with Crippen molar-refractivity contribution in [2.24, 2.45) is 0 Å². The fourth-order valence-electron chi connectivity index (χ4n) is 2.38. The lowest BCUT2D eigenvalue weighted by Crippen LogP contribution is -2.18. The highest BCUT2D eigenvalue weighted by Crippen LogP contribution is 2.31. The van der Waals surface area contributed by atoms with Gasteiger partial charge >= 0.3 is 0 Å². The number of methoxy groups -OCH3 is 2. The summed E-state index contributed by atoms with van der Waals surface area (Å²) >= 11 is 0.974. The number of aromatic nitrogens is 1. The fourth-order valence-corrected chi connectivity index (χ4v) is 3.09. The molecule has 1 aromatic heterocycles. The Labute approximate surface area is 160 Å². The van der Waals surface area contributed by atoms with E-state index in [2.05, 4.69) is 15.0 Å². The summed E-state index contributed by atoms with van der Waals surface area (Å²) in [6.45, 7) is 0. The molecule has 0 spiro atoms. The van der Waals surface area contributed by atoms with Crippen molar-refractivity contribution in [3.63, 3.8) is 0 Å². The molecule has 0 unspecified atom stereocenters. The minimum atomic E-state index is -1.86. The quantitative estimate of drug-likeness (QED) is 0.490. The van der Waals surface area contributed by atoms with Crippen LogP contribution in [-0.4, -0.2) is 25.1 Å². The van der Waals surface area contributed by atoms with E-state index in [1.165, 1.54) is 7.11 Å². The zero-order chi connectivity index (χ0) is 20.4. The Hall–Kier alpha value is -3.14. The van der Waals surface area contributed by atoms with Gasteiger partial charge in [0, 0.05) is 10.9 Å². The second-order valence-corrected chi connectivity index (χ2v) is 6.24. The minimum Gasteiger partial charge on any atom is -0.497 e. The number of thiazole rings is 1. The van der Waals surface area contributed by atoms with E-state index in [-0.39, 0.29) is 5.13 Å². The van der Waals surface area contributed by atoms with Gasteiger partial charge in [0.2, 0.25) is 11.6 Å². The molecule has 28 heavy (non-hydrogen) atoms. The number of amides is 1. The van der Waals surface area contributed by atoms with Crippen LogP contribution in [0.3, 0.4) is 0 Å². The molecule has 0 aliphatic heterocycles. The minimum absolute atomic E-state index is 0.00810. The molecule has 0 saturated carbocycles. The Kier molecular flexibility index (Phi) is 5.50. The Morgan fingerprint density at radius 1 is 0.964 bits per heavy atom. The van der Waals surface area contributed by atoms with Crippen LogP contribution in [0.5, 0.6) is 11.5 Å². The average Bonchev–Trinajstić information content (AvgIpc) is 3.15. The largest absolute Gasteiger partial charge is 0.497 e. The standard InChI is InChI=1S/C18H12F4N2O3S/c1-26-9-5-3-8(4-6-9)10-7-28-18(23-10)24-17(25)11-12(19)14(21)16(27-2)15(22)13(11)20/h3-7H,1-2H3,(H,23,24,25). The number of rotatable bonds is 5. The molecule has 5 nitrogen and oxygen atoms in total. The van der Waals surface area contributed by atoms with Crippen LogP contribution in [0, 0.1) is 23.3 Å². The van der Waals surface area contributed by atoms with Gasteiger partial charge in [-0.15, -0.1) is 11.3 Å². The van der Waals surface area contributed by atoms with Crippen LogP contribution in [0.4, 0.5) is 22.7 Å². The van der Waals surface area contributed by atoms with Crippen LogP contribution in [0.25, 0.3) is 11.3 Å². The van der Waals surface area contributed by atoms with Crippen molar-refractivity contribution in [1.29, 1.82) is 0 Å². The summed E-state index contributed by atoms with van der Waals surface area (Å²) in [7, 11) is 2.37. The molecule has 0 radical (unpaired) electrons. The van der Waals surface area contributed by atoms with Crippen LogP contribution < -0.4 is 14.8 Å². The maximum absolute atomic E-state index is 14.0. The number of ether oxygens (including phenoxy) is 2. The van der Waals surface area contributed by atoms with E-state index in [1.807, 2.05) is 0 Å². The van der Waals surface area contributed by atoms with E-state index in [4.69, 9.17) is 4.74 Å². The second-order valence-electron chi connectivity index (χ2n) is 5.38. The van der Waals surface area contributed by atoms with Crippen molar-refractivity contribution in [2.75, 3.05) is 19.5 Å². The molecule has 2 aromatic carbocycles. The lowest BCUT2D eigenvalue weighted by Gasteiger charge is -2.10. The maximum atomic E-state index is 14.0. The highest BCUT2D eigenvalue weighted by atomic mass is 32.1. The van der Waals surface area contributed by atoms with E-state index < -0.39 is 40.5 Å². The molecule has 0 aliphatic rings. The van der Waals surface area contributed by atoms with Crippen molar-refractivity contribution in [3.05, 3.63) is 58.5 Å². The maximum Gasteiger partial charge on any atom is 0.263 e. The van der Waals surface area contributed by atoms with Crippen molar-refractivity contribution in [2.45, 2.75) is 0 Å². The summed E-state index contributed by atoms with van der Waals surface area (Å²) in [6, 6.07) is 6.88. The SMILES string of the molecule is COc1ccc(-c2csc(NC(=O)c3c(F)c(F)c(OC)c(F)c3F)n2)cc1. The lowest BCUT2D eigenvalue weighted by atomic mass is 10.1. The van der Waals surface area contributed by atoms with Crippen LogP contribution >= 0.6 is 11.3 Å². The molecule has 3 rings (SSSR count). The molecule has 146 valence electrons. The third-order valence-corrected chi connectivity index (χ3v) is 4.52. The summed E-state index contributed by atoms with van der Waals surface area (Å²) in [6.07, 6.45) is 0. The topological polar surface area (TPSA) is 60.5 Å². The van der Waals surface area contributed by atoms with Gasteiger partial charge in [0.1, 0.15) is 11.3 Å². The molecule has 10 heteroatoms. The Balaban J connectivity index is 1.87. The van der Waals surface area contributed by atoms with E-state index in [1.54, 1.807) is 29.6 Å². The number of hydrogen-bond acceptors (Lipinski definition) is 5. The van der Waals surface area contributed by atoms with Crippen LogP contribution in [0.1, 0.15) is 10.4 Å². The van der Waals surface area contributed by atoms with Gasteiger partial charge < -0.3 is 9.47 Å². The average molecular weight is 412 g/mol. The zero-order valence-electron chi connectivity index (χ0n) is 14.5. The van der Waals surface area contributed by atoms with Crippen molar-refractivity contribution in [3.8, 4) is 22.8 Å². The van der Waals surface area contributed by atoms with E-state index in [0.29, 0.717) is 17.0 Å². The first-order valence-corrected chi connectivity index (χ1v) is 8.56. The molecular formula is C18H12F4N2O3S. The van der Waals surface area contributed by atoms with Crippen molar-refractivity contribution < 1.29 is 31.8 Å². The Bertz CT molecular complexity index is 1010. The predicted molar refractivity (Wildman–Crippen MR) is 94.9 cm³/mol. The second kappa shape index (κ2) is 7.85. The number of hydrogen-bond donors (Lipinski definition) is 1. The molecule has 3 aromatic rings. The number of anilines is 1. The summed E-state index contributed by atoms with van der Waals surface area (Å²) in [5, 5.41) is 3.72. The Morgan fingerprint density at radius 3 is 2.11 bits per heavy atom. The highest BCUT2D eigenvalue weighted by molar-refractivity contribution is 7.14. The third kappa shape index (κ3) is 3.50. The smallest absolute Gasteiger partial charge is 0.263 e. The first-order valence-electron chi connectivity index (χ1n) is 7.68. The zero-order valence-corrected chi connectivity index (χ0v) is 15.3. The number of benzene rings is 2. The monoisotopic (exact) mass is 412 g/mol. The molecule has 1 heterocycles. The van der Waals surface area contributed by atoms with Crippen molar-refractivity contribution in [1.82, 2.24) is 4.98 Å². The molecule has 0 aliphatic carbocycles. The first kappa shape index (κ1) is 19.6. The molecule has 0 fully saturated rings. The van der Waals surface area contributed by atoms with Gasteiger partial charge in [0.25, 0.3) is 5.91 Å². The van der Waals surface area contributed by atoms with Crippen LogP contribution in [-0.2, 0) is 0 Å². The number of nitrogens with zero attached hydrogens (tertiary/aromatic N) is 1. The van der Waals surface area contributed by atoms with Gasteiger partial charge in [-0.25, -0.2) is 13.8 Å². The molecule has 1 amide bonds. The summed E-state index contributed by atoms with van der Waals surface area (Å²) < 4.78 is 65.0. The van der Waals surface area contributed by atoms with Crippen LogP contribution in [0.2, 0.25) is 0 Å². The third-order valence-electron chi connectivity index (χ3n) is 3.76. The normalized spacial score (nSPS) is 10.6. The lowest BCUT2D eigenvalue weighted by molar-refractivity contribution is 0.101. The van der Waals surface area contributed by atoms with Gasteiger partial charge in [0.05, 0.1) is 19.9 Å². The number of nitrogens with one attached hydrogen (secondary N) is 1. The fraction of sp³-hybridized carbons (Fsp3) is 0.111. The molecule has 0 atom stereocenters. The molecule has 1 N–H and O–H groups in total. The molecule has 0 saturated heterocycles. The first-order chi connectivity index (χ1) is 13.4. The van der Waals surface area contributed by atoms with Crippen LogP contribution in [0.15, 0.2) is 29.6 Å². The molecular weight excluding hydrogens is 400 g/mol. The molecule has 0 bridgehead atoms. The Morgan fingerprint density at radius 2 is 1.57 bits per heavy atom. The number of carbonyl (C=O) groups excluding carboxylic acids is 1. The van der Waals surface area contributed by atoms with Crippen molar-refractivity contribution >= 4 is 22.4 Å². The highest BCUT2D eigenvalue weighted by Gasteiger charge is 2.30. The summed E-state index contributed by atoms with van der Waals surface area (Å²) in [4.78, 5) is 16.3. The van der Waals surface area contributed by atoms with Gasteiger partial charge in [-0.05, 0) is 24.3 Å². The summed E-state index contributed by atoms with van der Waals surface area (Å²) in [5.41, 5.74) is -0.218. The van der Waals surface area contributed by atoms with E-state index >= 15 is 0 Å². The van der Waals surface area contributed by atoms with Gasteiger partial charge in [-0.2, -0.15) is 8.78 Å². The number of carbonyl (C=O) groups is 1. The van der Waals surface area contributed by atoms with E-state index in [0.717, 1.165) is 18.4 Å². The van der Waals surface area contributed by atoms with Gasteiger partial charge in [0.15, 0.2) is 22.5 Å². The van der Waals surface area contributed by atoms with Gasteiger partial charge in [-0.1, -0.05) is 0 Å². The predicted octanol–water partition coefficient (Wildman–Crippen LogP) is 4.64.